The molecule has 0 radical (unpaired) electrons. The van der Waals surface area contributed by atoms with Crippen LogP contribution < -0.4 is 0 Å². The van der Waals surface area contributed by atoms with Gasteiger partial charge in [-0.3, -0.25) is 24.5 Å². The first-order valence-corrected chi connectivity index (χ1v) is 8.77. The zero-order chi connectivity index (χ0) is 18.7. The number of piperazine rings is 1. The molecular weight excluding hydrogens is 334 g/mol. The lowest BCUT2D eigenvalue weighted by atomic mass is 10.1. The van der Waals surface area contributed by atoms with E-state index in [2.05, 4.69) is 41.2 Å². The molecule has 0 unspecified atom stereocenters. The number of hydrogen-bond acceptors (Lipinski definition) is 5. The van der Waals surface area contributed by atoms with E-state index in [0.29, 0.717) is 19.6 Å². The van der Waals surface area contributed by atoms with Gasteiger partial charge in [0.25, 0.3) is 5.91 Å². The van der Waals surface area contributed by atoms with E-state index in [1.165, 1.54) is 22.0 Å². The maximum atomic E-state index is 12.7. The van der Waals surface area contributed by atoms with Crippen LogP contribution in [0.1, 0.15) is 28.5 Å². The zero-order valence-electron chi connectivity index (χ0n) is 15.1. The van der Waals surface area contributed by atoms with Gasteiger partial charge in [-0.15, -0.1) is 0 Å². The van der Waals surface area contributed by atoms with E-state index in [1.807, 2.05) is 6.92 Å². The molecule has 26 heavy (non-hydrogen) atoms. The number of aromatic nitrogens is 2. The molecule has 1 aliphatic heterocycles. The van der Waals surface area contributed by atoms with E-state index in [0.717, 1.165) is 19.6 Å². The Labute approximate surface area is 152 Å². The summed E-state index contributed by atoms with van der Waals surface area (Å²) < 4.78 is 1.43. The number of rotatable bonds is 5. The van der Waals surface area contributed by atoms with Gasteiger partial charge in [0.15, 0.2) is 0 Å². The minimum Gasteiger partial charge on any atom is -0.334 e. The zero-order valence-corrected chi connectivity index (χ0v) is 15.1. The fraction of sp³-hybridized carbons (Fsp3) is 0.444. The minimum absolute atomic E-state index is 0.0659. The lowest BCUT2D eigenvalue weighted by Gasteiger charge is -2.34. The first kappa shape index (κ1) is 18.1. The summed E-state index contributed by atoms with van der Waals surface area (Å²) in [7, 11) is 0. The molecule has 0 bridgehead atoms. The number of benzene rings is 1. The fourth-order valence-corrected chi connectivity index (χ4v) is 3.07. The van der Waals surface area contributed by atoms with Crippen molar-refractivity contribution < 1.29 is 9.72 Å². The molecular formula is C18H23N5O3. The van der Waals surface area contributed by atoms with Gasteiger partial charge in [0.1, 0.15) is 6.20 Å². The fourth-order valence-electron chi connectivity index (χ4n) is 3.07. The summed E-state index contributed by atoms with van der Waals surface area (Å²) in [5.41, 5.74) is 2.19. The molecule has 1 fully saturated rings. The second-order valence-electron chi connectivity index (χ2n) is 6.53. The predicted molar refractivity (Wildman–Crippen MR) is 96.9 cm³/mol. The number of hydrogen-bond donors (Lipinski definition) is 0. The SMILES string of the molecule is CCn1cc([N+](=O)[O-])c(C(=O)N2CCN(Cc3ccc(C)cc3)CC2)n1. The molecule has 1 aliphatic rings. The molecule has 0 atom stereocenters. The van der Waals surface area contributed by atoms with Gasteiger partial charge in [0.2, 0.25) is 5.69 Å². The minimum atomic E-state index is -0.542. The molecule has 3 rings (SSSR count). The predicted octanol–water partition coefficient (Wildman–Crippen LogP) is 2.08. The quantitative estimate of drug-likeness (QED) is 0.604. The van der Waals surface area contributed by atoms with Gasteiger partial charge >= 0.3 is 5.69 Å². The van der Waals surface area contributed by atoms with E-state index in [9.17, 15) is 14.9 Å². The lowest BCUT2D eigenvalue weighted by Crippen LogP contribution is -2.48. The maximum Gasteiger partial charge on any atom is 0.320 e. The number of carbonyl (C=O) groups is 1. The normalized spacial score (nSPS) is 15.2. The van der Waals surface area contributed by atoms with Crippen LogP contribution in [-0.2, 0) is 13.1 Å². The smallest absolute Gasteiger partial charge is 0.320 e. The second-order valence-corrected chi connectivity index (χ2v) is 6.53. The molecule has 2 heterocycles. The average molecular weight is 357 g/mol. The largest absolute Gasteiger partial charge is 0.334 e. The molecule has 1 aromatic heterocycles. The molecule has 0 N–H and O–H groups in total. The number of aryl methyl sites for hydroxylation is 2. The van der Waals surface area contributed by atoms with Crippen molar-refractivity contribution in [2.24, 2.45) is 0 Å². The molecule has 2 aromatic rings. The molecule has 1 aromatic carbocycles. The summed E-state index contributed by atoms with van der Waals surface area (Å²) in [6.07, 6.45) is 1.32. The molecule has 8 heteroatoms. The van der Waals surface area contributed by atoms with E-state index >= 15 is 0 Å². The Hall–Kier alpha value is -2.74. The Kier molecular flexibility index (Phi) is 5.32. The first-order valence-electron chi connectivity index (χ1n) is 8.77. The molecule has 1 amide bonds. The van der Waals surface area contributed by atoms with Crippen LogP contribution in [0.4, 0.5) is 5.69 Å². The third kappa shape index (κ3) is 3.91. The van der Waals surface area contributed by atoms with Crippen LogP contribution in [0, 0.1) is 17.0 Å². The highest BCUT2D eigenvalue weighted by molar-refractivity contribution is 5.96. The lowest BCUT2D eigenvalue weighted by molar-refractivity contribution is -0.385. The van der Waals surface area contributed by atoms with Crippen molar-refractivity contribution in [3.63, 3.8) is 0 Å². The molecule has 0 saturated carbocycles. The summed E-state index contributed by atoms with van der Waals surface area (Å²) in [6, 6.07) is 8.43. The topological polar surface area (TPSA) is 84.5 Å². The highest BCUT2D eigenvalue weighted by Crippen LogP contribution is 2.20. The van der Waals surface area contributed by atoms with Crippen LogP contribution in [0.15, 0.2) is 30.5 Å². The van der Waals surface area contributed by atoms with E-state index < -0.39 is 4.92 Å². The molecule has 1 saturated heterocycles. The number of nitro groups is 1. The average Bonchev–Trinajstić information content (AvgIpc) is 3.08. The Morgan fingerprint density at radius 1 is 1.19 bits per heavy atom. The van der Waals surface area contributed by atoms with Gasteiger partial charge in [-0.2, -0.15) is 5.10 Å². The van der Waals surface area contributed by atoms with Gasteiger partial charge < -0.3 is 4.90 Å². The Balaban J connectivity index is 1.62. The number of carbonyl (C=O) groups excluding carboxylic acids is 1. The standard InChI is InChI=1S/C18H23N5O3/c1-3-22-13-16(23(25)26)17(19-22)18(24)21-10-8-20(9-11-21)12-15-6-4-14(2)5-7-15/h4-7,13H,3,8-12H2,1-2H3. The maximum absolute atomic E-state index is 12.7. The summed E-state index contributed by atoms with van der Waals surface area (Å²) in [5.74, 6) is -0.362. The van der Waals surface area contributed by atoms with E-state index in [-0.39, 0.29) is 17.3 Å². The van der Waals surface area contributed by atoms with Crippen LogP contribution in [0.25, 0.3) is 0 Å². The third-order valence-electron chi connectivity index (χ3n) is 4.65. The van der Waals surface area contributed by atoms with Crippen molar-refractivity contribution in [3.8, 4) is 0 Å². The van der Waals surface area contributed by atoms with Crippen molar-refractivity contribution in [3.05, 3.63) is 57.4 Å². The van der Waals surface area contributed by atoms with Crippen LogP contribution in [0.3, 0.4) is 0 Å². The summed E-state index contributed by atoms with van der Waals surface area (Å²) in [6.45, 7) is 7.78. The number of nitrogens with zero attached hydrogens (tertiary/aromatic N) is 5. The van der Waals surface area contributed by atoms with E-state index in [1.54, 1.807) is 4.90 Å². The monoisotopic (exact) mass is 357 g/mol. The highest BCUT2D eigenvalue weighted by atomic mass is 16.6. The molecule has 0 spiro atoms. The van der Waals surface area contributed by atoms with Crippen molar-refractivity contribution in [2.45, 2.75) is 26.9 Å². The third-order valence-corrected chi connectivity index (χ3v) is 4.65. The highest BCUT2D eigenvalue weighted by Gasteiger charge is 2.31. The van der Waals surface area contributed by atoms with Crippen LogP contribution in [-0.4, -0.2) is 56.6 Å². The van der Waals surface area contributed by atoms with Crippen LogP contribution in [0.5, 0.6) is 0 Å². The van der Waals surface area contributed by atoms with Crippen molar-refractivity contribution in [1.29, 1.82) is 0 Å². The summed E-state index contributed by atoms with van der Waals surface area (Å²) >= 11 is 0. The number of amides is 1. The van der Waals surface area contributed by atoms with Gasteiger partial charge in [-0.25, -0.2) is 0 Å². The Bertz CT molecular complexity index is 792. The summed E-state index contributed by atoms with van der Waals surface area (Å²) in [4.78, 5) is 27.3. The van der Waals surface area contributed by atoms with E-state index in [4.69, 9.17) is 0 Å². The van der Waals surface area contributed by atoms with Crippen molar-refractivity contribution >= 4 is 11.6 Å². The van der Waals surface area contributed by atoms with Gasteiger partial charge in [-0.05, 0) is 19.4 Å². The molecule has 0 aliphatic carbocycles. The van der Waals surface area contributed by atoms with Gasteiger partial charge in [0.05, 0.1) is 4.92 Å². The molecule has 138 valence electrons. The summed E-state index contributed by atoms with van der Waals surface area (Å²) in [5, 5.41) is 15.3. The molecule has 8 nitrogen and oxygen atoms in total. The Morgan fingerprint density at radius 2 is 1.85 bits per heavy atom. The Morgan fingerprint density at radius 3 is 2.42 bits per heavy atom. The van der Waals surface area contributed by atoms with Gasteiger partial charge in [0, 0.05) is 39.3 Å². The first-order chi connectivity index (χ1) is 12.5. The van der Waals surface area contributed by atoms with Crippen LogP contribution >= 0.6 is 0 Å². The van der Waals surface area contributed by atoms with Gasteiger partial charge in [-0.1, -0.05) is 29.8 Å². The van der Waals surface area contributed by atoms with Crippen molar-refractivity contribution in [1.82, 2.24) is 19.6 Å². The van der Waals surface area contributed by atoms with Crippen molar-refractivity contribution in [2.75, 3.05) is 26.2 Å². The van der Waals surface area contributed by atoms with Crippen LogP contribution in [0.2, 0.25) is 0 Å². The second kappa shape index (κ2) is 7.65.